The number of aliphatic imine (C=N–C) groups is 1. The van der Waals surface area contributed by atoms with Crippen LogP contribution in [0, 0.1) is 5.82 Å². The molecule has 5 heteroatoms. The van der Waals surface area contributed by atoms with Crippen LogP contribution in [0.15, 0.2) is 23.2 Å². The second-order valence-electron chi connectivity index (χ2n) is 3.75. The smallest absolute Gasteiger partial charge is 0.283 e. The second kappa shape index (κ2) is 3.12. The number of ether oxygens (including phenoxy) is 1. The molecular weight excluding hydrogens is 197 g/mol. The summed E-state index contributed by atoms with van der Waals surface area (Å²) in [6, 6.07) is 4.46. The van der Waals surface area contributed by atoms with Crippen molar-refractivity contribution in [3.63, 3.8) is 0 Å². The predicted octanol–water partition coefficient (Wildman–Crippen LogP) is 0.968. The molecule has 0 aliphatic carbocycles. The minimum Gasteiger partial charge on any atom is -0.462 e. The zero-order valence-corrected chi connectivity index (χ0v) is 8.33. The summed E-state index contributed by atoms with van der Waals surface area (Å²) in [5.74, 6) is -0.353. The number of nitrogens with zero attached hydrogens (tertiary/aromatic N) is 1. The van der Waals surface area contributed by atoms with Crippen LogP contribution in [0.2, 0.25) is 0 Å². The molecule has 1 aliphatic rings. The lowest BCUT2D eigenvalue weighted by atomic mass is 9.93. The number of halogens is 1. The number of anilines is 1. The fraction of sp³-hybridized carbons (Fsp3) is 0.300. The number of rotatable bonds is 1. The minimum absolute atomic E-state index is 0.0827. The van der Waals surface area contributed by atoms with E-state index in [1.165, 1.54) is 12.1 Å². The van der Waals surface area contributed by atoms with E-state index in [1.807, 2.05) is 0 Å². The van der Waals surface area contributed by atoms with Gasteiger partial charge < -0.3 is 16.2 Å². The summed E-state index contributed by atoms with van der Waals surface area (Å²) in [6.07, 6.45) is 0. The standard InChI is InChI=1S/C10H12FN3O/c1-10(5-15-9(13)14-10)7-4-6(12)2-3-8(7)11/h2-4H,5,12H2,1H3,(H2,13,14). The third-order valence-corrected chi connectivity index (χ3v) is 2.43. The molecule has 1 aromatic carbocycles. The lowest BCUT2D eigenvalue weighted by Gasteiger charge is -2.19. The highest BCUT2D eigenvalue weighted by atomic mass is 19.1. The summed E-state index contributed by atoms with van der Waals surface area (Å²) in [4.78, 5) is 4.07. The molecule has 4 N–H and O–H groups in total. The molecule has 0 saturated carbocycles. The molecule has 0 radical (unpaired) electrons. The molecule has 80 valence electrons. The molecule has 1 aromatic rings. The highest BCUT2D eigenvalue weighted by Gasteiger charge is 2.35. The molecule has 1 unspecified atom stereocenters. The number of nitrogens with two attached hydrogens (primary N) is 2. The van der Waals surface area contributed by atoms with E-state index >= 15 is 0 Å². The van der Waals surface area contributed by atoms with Gasteiger partial charge in [-0.25, -0.2) is 9.38 Å². The van der Waals surface area contributed by atoms with Crippen LogP contribution in [0.3, 0.4) is 0 Å². The van der Waals surface area contributed by atoms with Gasteiger partial charge in [-0.15, -0.1) is 0 Å². The average Bonchev–Trinajstić information content (AvgIpc) is 2.52. The first-order chi connectivity index (χ1) is 7.01. The van der Waals surface area contributed by atoms with Crippen LogP contribution in [-0.2, 0) is 10.3 Å². The Morgan fingerprint density at radius 3 is 2.80 bits per heavy atom. The Kier molecular flexibility index (Phi) is 2.03. The molecule has 1 atom stereocenters. The summed E-state index contributed by atoms with van der Waals surface area (Å²) < 4.78 is 18.6. The van der Waals surface area contributed by atoms with Crippen molar-refractivity contribution in [1.29, 1.82) is 0 Å². The van der Waals surface area contributed by atoms with Gasteiger partial charge in [-0.1, -0.05) is 0 Å². The van der Waals surface area contributed by atoms with Crippen LogP contribution in [0.1, 0.15) is 12.5 Å². The van der Waals surface area contributed by atoms with Crippen LogP contribution in [0.5, 0.6) is 0 Å². The number of nitrogen functional groups attached to an aromatic ring is 1. The summed E-state index contributed by atoms with van der Waals surface area (Å²) in [7, 11) is 0. The maximum atomic E-state index is 13.6. The van der Waals surface area contributed by atoms with Gasteiger partial charge in [0.15, 0.2) is 0 Å². The third-order valence-electron chi connectivity index (χ3n) is 2.43. The Balaban J connectivity index is 2.49. The van der Waals surface area contributed by atoms with Crippen molar-refractivity contribution >= 4 is 11.7 Å². The van der Waals surface area contributed by atoms with Gasteiger partial charge in [-0.05, 0) is 25.1 Å². The van der Waals surface area contributed by atoms with Crippen molar-refractivity contribution in [3.8, 4) is 0 Å². The molecule has 0 fully saturated rings. The Labute approximate surface area is 86.7 Å². The van der Waals surface area contributed by atoms with Crippen molar-refractivity contribution in [2.45, 2.75) is 12.5 Å². The Morgan fingerprint density at radius 2 is 2.20 bits per heavy atom. The molecule has 0 saturated heterocycles. The number of hydrogen-bond acceptors (Lipinski definition) is 4. The van der Waals surface area contributed by atoms with Crippen LogP contribution < -0.4 is 11.5 Å². The lowest BCUT2D eigenvalue weighted by molar-refractivity contribution is 0.262. The lowest BCUT2D eigenvalue weighted by Crippen LogP contribution is -2.22. The molecule has 2 rings (SSSR count). The van der Waals surface area contributed by atoms with Crippen molar-refractivity contribution in [3.05, 3.63) is 29.6 Å². The van der Waals surface area contributed by atoms with E-state index in [0.29, 0.717) is 11.3 Å². The Morgan fingerprint density at radius 1 is 1.47 bits per heavy atom. The normalized spacial score (nSPS) is 24.8. The van der Waals surface area contributed by atoms with Crippen molar-refractivity contribution in [1.82, 2.24) is 0 Å². The molecule has 15 heavy (non-hydrogen) atoms. The van der Waals surface area contributed by atoms with E-state index in [-0.39, 0.29) is 18.4 Å². The molecular formula is C10H12FN3O. The largest absolute Gasteiger partial charge is 0.462 e. The fourth-order valence-electron chi connectivity index (χ4n) is 1.62. The van der Waals surface area contributed by atoms with E-state index in [2.05, 4.69) is 4.99 Å². The van der Waals surface area contributed by atoms with Crippen molar-refractivity contribution < 1.29 is 9.13 Å². The van der Waals surface area contributed by atoms with Gasteiger partial charge in [-0.3, -0.25) is 0 Å². The van der Waals surface area contributed by atoms with Gasteiger partial charge in [0.1, 0.15) is 18.0 Å². The van der Waals surface area contributed by atoms with Gasteiger partial charge in [0.05, 0.1) is 0 Å². The zero-order valence-electron chi connectivity index (χ0n) is 8.33. The van der Waals surface area contributed by atoms with E-state index in [9.17, 15) is 4.39 Å². The maximum absolute atomic E-state index is 13.6. The summed E-state index contributed by atoms with van der Waals surface area (Å²) in [6.45, 7) is 1.99. The zero-order chi connectivity index (χ0) is 11.1. The fourth-order valence-corrected chi connectivity index (χ4v) is 1.62. The molecule has 0 bridgehead atoms. The molecule has 1 heterocycles. The van der Waals surface area contributed by atoms with Gasteiger partial charge in [-0.2, -0.15) is 0 Å². The number of benzene rings is 1. The Hall–Kier alpha value is -1.78. The van der Waals surface area contributed by atoms with E-state index in [1.54, 1.807) is 13.0 Å². The summed E-state index contributed by atoms with van der Waals surface area (Å²) in [5.41, 5.74) is 11.1. The van der Waals surface area contributed by atoms with Gasteiger partial charge in [0.2, 0.25) is 0 Å². The van der Waals surface area contributed by atoms with Gasteiger partial charge in [0, 0.05) is 11.3 Å². The first-order valence-electron chi connectivity index (χ1n) is 4.55. The molecule has 0 aromatic heterocycles. The highest BCUT2D eigenvalue weighted by molar-refractivity contribution is 5.74. The van der Waals surface area contributed by atoms with E-state index in [0.717, 1.165) is 0 Å². The summed E-state index contributed by atoms with van der Waals surface area (Å²) in [5, 5.41) is 0. The minimum atomic E-state index is -0.774. The second-order valence-corrected chi connectivity index (χ2v) is 3.75. The topological polar surface area (TPSA) is 73.6 Å². The summed E-state index contributed by atoms with van der Waals surface area (Å²) >= 11 is 0. The first-order valence-corrected chi connectivity index (χ1v) is 4.55. The monoisotopic (exact) mass is 209 g/mol. The van der Waals surface area contributed by atoms with E-state index in [4.69, 9.17) is 16.2 Å². The number of hydrogen-bond donors (Lipinski definition) is 2. The Bertz CT molecular complexity index is 433. The first kappa shape index (κ1) is 9.76. The van der Waals surface area contributed by atoms with Crippen LogP contribution in [-0.4, -0.2) is 12.6 Å². The highest BCUT2D eigenvalue weighted by Crippen LogP contribution is 2.32. The molecule has 0 spiro atoms. The van der Waals surface area contributed by atoms with E-state index < -0.39 is 5.54 Å². The van der Waals surface area contributed by atoms with Gasteiger partial charge >= 0.3 is 0 Å². The SMILES string of the molecule is CC1(c2cc(N)ccc2F)COC(N)=N1. The van der Waals surface area contributed by atoms with Gasteiger partial charge in [0.25, 0.3) is 6.02 Å². The van der Waals surface area contributed by atoms with Crippen LogP contribution in [0.25, 0.3) is 0 Å². The van der Waals surface area contributed by atoms with Crippen molar-refractivity contribution in [2.24, 2.45) is 10.7 Å². The molecule has 4 nitrogen and oxygen atoms in total. The number of amidine groups is 1. The third kappa shape index (κ3) is 1.60. The van der Waals surface area contributed by atoms with Crippen LogP contribution >= 0.6 is 0 Å². The maximum Gasteiger partial charge on any atom is 0.283 e. The van der Waals surface area contributed by atoms with Crippen molar-refractivity contribution in [2.75, 3.05) is 12.3 Å². The van der Waals surface area contributed by atoms with Crippen LogP contribution in [0.4, 0.5) is 10.1 Å². The average molecular weight is 209 g/mol. The predicted molar refractivity (Wildman–Crippen MR) is 55.7 cm³/mol. The molecule has 1 aliphatic heterocycles. The molecule has 0 amide bonds. The quantitative estimate of drug-likeness (QED) is 0.677.